The third kappa shape index (κ3) is 4.71. The molecule has 7 heteroatoms. The zero-order chi connectivity index (χ0) is 18.8. The maximum absolute atomic E-state index is 12.7. The van der Waals surface area contributed by atoms with Crippen molar-refractivity contribution >= 4 is 17.4 Å². The van der Waals surface area contributed by atoms with E-state index in [0.717, 1.165) is 28.4 Å². The molecule has 4 nitrogen and oxygen atoms in total. The Morgan fingerprint density at radius 2 is 1.76 bits per heavy atom. The second kappa shape index (κ2) is 7.13. The van der Waals surface area contributed by atoms with Crippen molar-refractivity contribution in [3.63, 3.8) is 0 Å². The van der Waals surface area contributed by atoms with Gasteiger partial charge in [0.05, 0.1) is 6.54 Å². The van der Waals surface area contributed by atoms with Crippen LogP contribution in [-0.4, -0.2) is 24.5 Å². The maximum Gasteiger partial charge on any atom is 0.433 e. The first-order valence-corrected chi connectivity index (χ1v) is 7.71. The molecule has 0 aliphatic heterocycles. The van der Waals surface area contributed by atoms with Crippen LogP contribution in [0.2, 0.25) is 0 Å². The van der Waals surface area contributed by atoms with Gasteiger partial charge in [0, 0.05) is 12.7 Å². The zero-order valence-corrected chi connectivity index (χ0v) is 14.5. The fraction of sp³-hybridized carbons (Fsp3) is 0.333. The number of aromatic nitrogens is 1. The van der Waals surface area contributed by atoms with E-state index in [9.17, 15) is 18.0 Å². The second-order valence-electron chi connectivity index (χ2n) is 6.06. The van der Waals surface area contributed by atoms with E-state index >= 15 is 0 Å². The third-order valence-corrected chi connectivity index (χ3v) is 3.74. The van der Waals surface area contributed by atoms with Crippen LogP contribution in [0.15, 0.2) is 30.3 Å². The molecular weight excluding hydrogens is 331 g/mol. The molecule has 0 atom stereocenters. The Bertz CT molecular complexity index is 764. The summed E-state index contributed by atoms with van der Waals surface area (Å²) in [5.74, 6) is -0.237. The molecule has 2 rings (SSSR count). The highest BCUT2D eigenvalue weighted by Gasteiger charge is 2.32. The van der Waals surface area contributed by atoms with Gasteiger partial charge in [-0.25, -0.2) is 4.98 Å². The summed E-state index contributed by atoms with van der Waals surface area (Å²) < 4.78 is 38.2. The number of hydrogen-bond donors (Lipinski definition) is 1. The predicted octanol–water partition coefficient (Wildman–Crippen LogP) is 4.10. The number of benzene rings is 1. The van der Waals surface area contributed by atoms with Gasteiger partial charge >= 0.3 is 6.18 Å². The van der Waals surface area contributed by atoms with E-state index < -0.39 is 11.9 Å². The van der Waals surface area contributed by atoms with Crippen molar-refractivity contribution < 1.29 is 18.0 Å². The standard InChI is InChI=1S/C18H20F3N3O/c1-11-8-12(2)17(13(3)9-11)23-16(25)10-24(4)15-7-5-6-14(22-15)18(19,20)21/h5-9H,10H2,1-4H3,(H,23,25). The Kier molecular flexibility index (Phi) is 5.35. The topological polar surface area (TPSA) is 45.2 Å². The molecule has 1 N–H and O–H groups in total. The molecule has 1 aromatic carbocycles. The van der Waals surface area contributed by atoms with E-state index in [1.807, 2.05) is 32.9 Å². The Balaban J connectivity index is 2.11. The normalized spacial score (nSPS) is 11.3. The highest BCUT2D eigenvalue weighted by molar-refractivity contribution is 5.95. The Morgan fingerprint density at radius 3 is 2.32 bits per heavy atom. The quantitative estimate of drug-likeness (QED) is 0.902. The molecule has 0 bridgehead atoms. The number of alkyl halides is 3. The number of pyridine rings is 1. The molecule has 0 unspecified atom stereocenters. The van der Waals surface area contributed by atoms with E-state index in [1.165, 1.54) is 24.1 Å². The molecule has 25 heavy (non-hydrogen) atoms. The summed E-state index contributed by atoms with van der Waals surface area (Å²) >= 11 is 0. The first-order valence-electron chi connectivity index (χ1n) is 7.71. The summed E-state index contributed by atoms with van der Waals surface area (Å²) in [6.45, 7) is 5.65. The van der Waals surface area contributed by atoms with Crippen molar-refractivity contribution in [3.05, 3.63) is 52.7 Å². The van der Waals surface area contributed by atoms with Gasteiger partial charge in [-0.05, 0) is 44.0 Å². The number of nitrogens with zero attached hydrogens (tertiary/aromatic N) is 2. The van der Waals surface area contributed by atoms with Crippen molar-refractivity contribution in [3.8, 4) is 0 Å². The fourth-order valence-corrected chi connectivity index (χ4v) is 2.65. The fourth-order valence-electron chi connectivity index (χ4n) is 2.65. The lowest BCUT2D eigenvalue weighted by Crippen LogP contribution is -2.31. The van der Waals surface area contributed by atoms with Crippen LogP contribution in [0.1, 0.15) is 22.4 Å². The molecular formula is C18H20F3N3O. The Labute approximate surface area is 144 Å². The number of nitrogens with one attached hydrogen (secondary N) is 1. The molecule has 1 amide bonds. The number of aryl methyl sites for hydroxylation is 3. The van der Waals surface area contributed by atoms with Crippen LogP contribution in [-0.2, 0) is 11.0 Å². The van der Waals surface area contributed by atoms with Crippen LogP contribution in [0.5, 0.6) is 0 Å². The van der Waals surface area contributed by atoms with Crippen LogP contribution in [0.3, 0.4) is 0 Å². The molecule has 0 radical (unpaired) electrons. The summed E-state index contributed by atoms with van der Waals surface area (Å²) in [5.41, 5.74) is 2.71. The highest BCUT2D eigenvalue weighted by Crippen LogP contribution is 2.28. The Morgan fingerprint density at radius 1 is 1.16 bits per heavy atom. The first kappa shape index (κ1) is 18.8. The lowest BCUT2D eigenvalue weighted by Gasteiger charge is -2.20. The largest absolute Gasteiger partial charge is 0.433 e. The van der Waals surface area contributed by atoms with Gasteiger partial charge < -0.3 is 10.2 Å². The van der Waals surface area contributed by atoms with Crippen molar-refractivity contribution in [1.82, 2.24) is 4.98 Å². The van der Waals surface area contributed by atoms with Crippen molar-refractivity contribution in [2.45, 2.75) is 26.9 Å². The third-order valence-electron chi connectivity index (χ3n) is 3.74. The number of rotatable bonds is 4. The van der Waals surface area contributed by atoms with Crippen molar-refractivity contribution in [2.75, 3.05) is 23.8 Å². The van der Waals surface area contributed by atoms with Crippen LogP contribution >= 0.6 is 0 Å². The van der Waals surface area contributed by atoms with Gasteiger partial charge in [-0.2, -0.15) is 13.2 Å². The molecule has 1 aromatic heterocycles. The molecule has 0 saturated heterocycles. The zero-order valence-electron chi connectivity index (χ0n) is 14.5. The predicted molar refractivity (Wildman–Crippen MR) is 91.8 cm³/mol. The summed E-state index contributed by atoms with van der Waals surface area (Å²) in [7, 11) is 1.52. The molecule has 2 aromatic rings. The van der Waals surface area contributed by atoms with E-state index in [-0.39, 0.29) is 18.3 Å². The van der Waals surface area contributed by atoms with Crippen LogP contribution < -0.4 is 10.2 Å². The smallest absolute Gasteiger partial charge is 0.350 e. The van der Waals surface area contributed by atoms with Crippen molar-refractivity contribution in [2.24, 2.45) is 0 Å². The van der Waals surface area contributed by atoms with Crippen LogP contribution in [0, 0.1) is 20.8 Å². The second-order valence-corrected chi connectivity index (χ2v) is 6.06. The number of halogens is 3. The number of hydrogen-bond acceptors (Lipinski definition) is 3. The van der Waals surface area contributed by atoms with Gasteiger partial charge in [-0.3, -0.25) is 4.79 Å². The van der Waals surface area contributed by atoms with E-state index in [4.69, 9.17) is 0 Å². The molecule has 134 valence electrons. The van der Waals surface area contributed by atoms with Crippen LogP contribution in [0.4, 0.5) is 24.7 Å². The van der Waals surface area contributed by atoms with Gasteiger partial charge in [0.2, 0.25) is 5.91 Å². The highest BCUT2D eigenvalue weighted by atomic mass is 19.4. The van der Waals surface area contributed by atoms with Crippen LogP contribution in [0.25, 0.3) is 0 Å². The maximum atomic E-state index is 12.7. The number of carbonyl (C=O) groups is 1. The summed E-state index contributed by atoms with van der Waals surface area (Å²) in [4.78, 5) is 17.2. The average molecular weight is 351 g/mol. The lowest BCUT2D eigenvalue weighted by atomic mass is 10.1. The first-order chi connectivity index (χ1) is 11.6. The SMILES string of the molecule is Cc1cc(C)c(NC(=O)CN(C)c2cccc(C(F)(F)F)n2)c(C)c1. The summed E-state index contributed by atoms with van der Waals surface area (Å²) in [5, 5.41) is 2.82. The number of amides is 1. The van der Waals surface area contributed by atoms with Gasteiger partial charge in [0.15, 0.2) is 0 Å². The lowest BCUT2D eigenvalue weighted by molar-refractivity contribution is -0.141. The Hall–Kier alpha value is -2.57. The van der Waals surface area contributed by atoms with E-state index in [0.29, 0.717) is 0 Å². The molecule has 0 aliphatic carbocycles. The molecule has 0 saturated carbocycles. The molecule has 0 fully saturated rings. The number of likely N-dealkylation sites (N-methyl/N-ethyl adjacent to an activating group) is 1. The minimum absolute atomic E-state index is 0.0855. The number of carbonyl (C=O) groups excluding carboxylic acids is 1. The van der Waals surface area contributed by atoms with E-state index in [1.54, 1.807) is 0 Å². The van der Waals surface area contributed by atoms with Gasteiger partial charge in [0.25, 0.3) is 0 Å². The summed E-state index contributed by atoms with van der Waals surface area (Å²) in [6, 6.07) is 7.52. The molecule has 0 aliphatic rings. The van der Waals surface area contributed by atoms with Gasteiger partial charge in [-0.1, -0.05) is 23.8 Å². The van der Waals surface area contributed by atoms with Crippen molar-refractivity contribution in [1.29, 1.82) is 0 Å². The van der Waals surface area contributed by atoms with Gasteiger partial charge in [0.1, 0.15) is 11.5 Å². The number of anilines is 2. The molecule has 1 heterocycles. The minimum atomic E-state index is -4.52. The van der Waals surface area contributed by atoms with Gasteiger partial charge in [-0.15, -0.1) is 0 Å². The average Bonchev–Trinajstić information content (AvgIpc) is 2.50. The summed E-state index contributed by atoms with van der Waals surface area (Å²) in [6.07, 6.45) is -4.52. The van der Waals surface area contributed by atoms with E-state index in [2.05, 4.69) is 10.3 Å². The monoisotopic (exact) mass is 351 g/mol. The molecule has 0 spiro atoms. The minimum Gasteiger partial charge on any atom is -0.350 e.